The Balaban J connectivity index is 1.51. The van der Waals surface area contributed by atoms with E-state index in [1.165, 1.54) is 0 Å². The van der Waals surface area contributed by atoms with Gasteiger partial charge in [-0.1, -0.05) is 97.1 Å². The summed E-state index contributed by atoms with van der Waals surface area (Å²) in [5.41, 5.74) is 8.99. The molecule has 0 saturated carbocycles. The van der Waals surface area contributed by atoms with Gasteiger partial charge in [0.25, 0.3) is 0 Å². The third-order valence-electron chi connectivity index (χ3n) is 7.86. The average molecular weight is 527 g/mol. The Morgan fingerprint density at radius 3 is 1.90 bits per heavy atom. The van der Waals surface area contributed by atoms with E-state index in [9.17, 15) is 0 Å². The number of benzene rings is 5. The molecular formula is C35H22N6. The predicted molar refractivity (Wildman–Crippen MR) is 165 cm³/mol. The lowest BCUT2D eigenvalue weighted by Crippen LogP contribution is -2.07. The monoisotopic (exact) mass is 526 g/mol. The largest absolute Gasteiger partial charge is 0.274 e. The molecule has 0 amide bonds. The summed E-state index contributed by atoms with van der Waals surface area (Å²) in [4.78, 5) is 15.6. The Morgan fingerprint density at radius 2 is 1.10 bits per heavy atom. The third kappa shape index (κ3) is 3.10. The van der Waals surface area contributed by atoms with Gasteiger partial charge in [-0.2, -0.15) is 0 Å². The first-order valence-electron chi connectivity index (χ1n) is 13.7. The van der Waals surface area contributed by atoms with E-state index < -0.39 is 0 Å². The maximum Gasteiger partial charge on any atom is 0.237 e. The van der Waals surface area contributed by atoms with E-state index in [2.05, 4.69) is 117 Å². The SMILES string of the molecule is c1ccc(-c2nc(-n3c4ccccc4c4c3n(-c3ccccc3)c3nc5ccccc5n43)nc3ccccc23)cc1. The first-order chi connectivity index (χ1) is 20.4. The highest BCUT2D eigenvalue weighted by molar-refractivity contribution is 6.10. The molecule has 41 heavy (non-hydrogen) atoms. The highest BCUT2D eigenvalue weighted by atomic mass is 15.3. The van der Waals surface area contributed by atoms with Gasteiger partial charge in [0.1, 0.15) is 5.52 Å². The molecule has 0 N–H and O–H groups in total. The number of nitrogens with zero attached hydrogens (tertiary/aromatic N) is 6. The Bertz CT molecular complexity index is 2410. The van der Waals surface area contributed by atoms with E-state index in [-0.39, 0.29) is 0 Å². The molecule has 0 aliphatic rings. The van der Waals surface area contributed by atoms with E-state index in [0.29, 0.717) is 5.95 Å². The summed E-state index contributed by atoms with van der Waals surface area (Å²) < 4.78 is 6.70. The number of hydrogen-bond donors (Lipinski definition) is 0. The van der Waals surface area contributed by atoms with Crippen molar-refractivity contribution in [2.24, 2.45) is 0 Å². The lowest BCUT2D eigenvalue weighted by atomic mass is 10.1. The molecule has 4 heterocycles. The normalized spacial score (nSPS) is 11.9. The Kier molecular flexibility index (Phi) is 4.51. The summed E-state index contributed by atoms with van der Waals surface area (Å²) in [5.74, 6) is 1.47. The summed E-state index contributed by atoms with van der Waals surface area (Å²) >= 11 is 0. The van der Waals surface area contributed by atoms with E-state index in [1.807, 2.05) is 30.3 Å². The van der Waals surface area contributed by atoms with Gasteiger partial charge in [-0.05, 0) is 36.4 Å². The van der Waals surface area contributed by atoms with Crippen molar-refractivity contribution in [3.8, 4) is 22.9 Å². The first-order valence-corrected chi connectivity index (χ1v) is 13.7. The molecular weight excluding hydrogens is 504 g/mol. The third-order valence-corrected chi connectivity index (χ3v) is 7.86. The van der Waals surface area contributed by atoms with Crippen LogP contribution in [0.1, 0.15) is 0 Å². The molecule has 9 rings (SSSR count). The van der Waals surface area contributed by atoms with Crippen LogP contribution in [0, 0.1) is 0 Å². The standard InChI is InChI=1S/C35H22N6/c1-3-13-23(14-4-1)31-25-17-7-9-19-27(25)36-34(38-31)41-29-21-11-8-18-26(29)32-33(41)39(24-15-5-2-6-16-24)35-37-28-20-10-12-22-30(28)40(32)35/h1-22H. The second-order valence-electron chi connectivity index (χ2n) is 10.2. The van der Waals surface area contributed by atoms with Crippen molar-refractivity contribution in [3.05, 3.63) is 133 Å². The van der Waals surface area contributed by atoms with Gasteiger partial charge in [-0.3, -0.25) is 13.5 Å². The van der Waals surface area contributed by atoms with Gasteiger partial charge >= 0.3 is 0 Å². The van der Waals surface area contributed by atoms with Crippen LogP contribution in [0.25, 0.3) is 72.7 Å². The Labute approximate surface area is 234 Å². The van der Waals surface area contributed by atoms with Crippen molar-refractivity contribution >= 4 is 49.8 Å². The van der Waals surface area contributed by atoms with Gasteiger partial charge < -0.3 is 0 Å². The van der Waals surface area contributed by atoms with Crippen LogP contribution in [0.4, 0.5) is 0 Å². The van der Waals surface area contributed by atoms with Crippen LogP contribution in [-0.4, -0.2) is 28.5 Å². The molecule has 0 spiro atoms. The fourth-order valence-corrected chi connectivity index (χ4v) is 6.11. The average Bonchev–Trinajstić information content (AvgIpc) is 3.67. The molecule has 0 atom stereocenters. The topological polar surface area (TPSA) is 52.9 Å². The molecule has 192 valence electrons. The quantitative estimate of drug-likeness (QED) is 0.234. The lowest BCUT2D eigenvalue weighted by Gasteiger charge is -2.13. The van der Waals surface area contributed by atoms with Crippen molar-refractivity contribution in [2.75, 3.05) is 0 Å². The summed E-state index contributed by atoms with van der Waals surface area (Å²) in [5, 5.41) is 2.14. The molecule has 0 bridgehead atoms. The molecule has 0 aliphatic carbocycles. The lowest BCUT2D eigenvalue weighted by molar-refractivity contribution is 0.970. The van der Waals surface area contributed by atoms with Crippen molar-refractivity contribution in [1.82, 2.24) is 28.5 Å². The van der Waals surface area contributed by atoms with Crippen LogP contribution in [-0.2, 0) is 0 Å². The molecule has 5 aromatic carbocycles. The second-order valence-corrected chi connectivity index (χ2v) is 10.2. The first kappa shape index (κ1) is 22.1. The van der Waals surface area contributed by atoms with Crippen molar-refractivity contribution in [3.63, 3.8) is 0 Å². The zero-order valence-corrected chi connectivity index (χ0v) is 21.9. The smallest absolute Gasteiger partial charge is 0.237 e. The molecule has 0 unspecified atom stereocenters. The molecule has 9 aromatic rings. The number of hydrogen-bond acceptors (Lipinski definition) is 3. The zero-order valence-electron chi connectivity index (χ0n) is 21.9. The Hall–Kier alpha value is -5.75. The minimum Gasteiger partial charge on any atom is -0.274 e. The Morgan fingerprint density at radius 1 is 0.463 bits per heavy atom. The zero-order chi connectivity index (χ0) is 26.9. The molecule has 0 aliphatic heterocycles. The minimum atomic E-state index is 0.621. The van der Waals surface area contributed by atoms with Crippen LogP contribution in [0.15, 0.2) is 133 Å². The van der Waals surface area contributed by atoms with Crippen molar-refractivity contribution in [2.45, 2.75) is 0 Å². The maximum absolute atomic E-state index is 5.27. The molecule has 0 fully saturated rings. The summed E-state index contributed by atoms with van der Waals surface area (Å²) in [7, 11) is 0. The number of fused-ring (bicyclic) bond motifs is 8. The van der Waals surface area contributed by atoms with E-state index in [0.717, 1.165) is 66.7 Å². The number of aromatic nitrogens is 6. The van der Waals surface area contributed by atoms with Gasteiger partial charge in [-0.25, -0.2) is 15.0 Å². The fourth-order valence-electron chi connectivity index (χ4n) is 6.11. The molecule has 0 radical (unpaired) electrons. The van der Waals surface area contributed by atoms with E-state index >= 15 is 0 Å². The number of para-hydroxylation sites is 5. The fraction of sp³-hybridized carbons (Fsp3) is 0. The maximum atomic E-state index is 5.27. The number of imidazole rings is 2. The minimum absolute atomic E-state index is 0.621. The molecule has 6 heteroatoms. The highest BCUT2D eigenvalue weighted by Gasteiger charge is 2.26. The summed E-state index contributed by atoms with van der Waals surface area (Å²) in [6, 6.07) is 45.8. The van der Waals surface area contributed by atoms with Crippen LogP contribution in [0.2, 0.25) is 0 Å². The van der Waals surface area contributed by atoms with Crippen molar-refractivity contribution < 1.29 is 0 Å². The van der Waals surface area contributed by atoms with Crippen LogP contribution >= 0.6 is 0 Å². The van der Waals surface area contributed by atoms with Crippen LogP contribution in [0.3, 0.4) is 0 Å². The predicted octanol–water partition coefficient (Wildman–Crippen LogP) is 7.99. The van der Waals surface area contributed by atoms with E-state index in [4.69, 9.17) is 15.0 Å². The van der Waals surface area contributed by atoms with Gasteiger partial charge in [0.2, 0.25) is 11.7 Å². The van der Waals surface area contributed by atoms with Crippen molar-refractivity contribution in [1.29, 1.82) is 0 Å². The molecule has 0 saturated heterocycles. The number of rotatable bonds is 3. The summed E-state index contributed by atoms with van der Waals surface area (Å²) in [6.07, 6.45) is 0. The summed E-state index contributed by atoms with van der Waals surface area (Å²) in [6.45, 7) is 0. The van der Waals surface area contributed by atoms with Gasteiger partial charge in [0.05, 0.1) is 33.4 Å². The molecule has 4 aromatic heterocycles. The second kappa shape index (κ2) is 8.37. The van der Waals surface area contributed by atoms with Gasteiger partial charge in [0.15, 0.2) is 5.65 Å². The van der Waals surface area contributed by atoms with Gasteiger partial charge in [-0.15, -0.1) is 0 Å². The van der Waals surface area contributed by atoms with Crippen LogP contribution < -0.4 is 0 Å². The molecule has 6 nitrogen and oxygen atoms in total. The highest BCUT2D eigenvalue weighted by Crippen LogP contribution is 2.38. The van der Waals surface area contributed by atoms with E-state index in [1.54, 1.807) is 0 Å². The van der Waals surface area contributed by atoms with Crippen LogP contribution in [0.5, 0.6) is 0 Å². The van der Waals surface area contributed by atoms with Gasteiger partial charge in [0, 0.05) is 16.3 Å².